The summed E-state index contributed by atoms with van der Waals surface area (Å²) in [6, 6.07) is 6.22. The highest BCUT2D eigenvalue weighted by Crippen LogP contribution is 2.40. The van der Waals surface area contributed by atoms with E-state index in [-0.39, 0.29) is 30.5 Å². The zero-order chi connectivity index (χ0) is 20.2. The number of hydrogen-bond donors (Lipinski definition) is 1. The highest BCUT2D eigenvalue weighted by molar-refractivity contribution is 7.89. The molecule has 1 saturated heterocycles. The Labute approximate surface area is 162 Å². The highest BCUT2D eigenvalue weighted by atomic mass is 32.2. The van der Waals surface area contributed by atoms with Gasteiger partial charge in [-0.25, -0.2) is 8.42 Å². The second kappa shape index (κ2) is 8.68. The number of sulfonamides is 1. The predicted molar refractivity (Wildman–Crippen MR) is 102 cm³/mol. The van der Waals surface area contributed by atoms with Crippen molar-refractivity contribution in [2.75, 3.05) is 26.8 Å². The van der Waals surface area contributed by atoms with Crippen LogP contribution in [0.25, 0.3) is 0 Å². The Balaban J connectivity index is 2.43. The summed E-state index contributed by atoms with van der Waals surface area (Å²) < 4.78 is 33.0. The maximum atomic E-state index is 13.2. The quantitative estimate of drug-likeness (QED) is 0.533. The summed E-state index contributed by atoms with van der Waals surface area (Å²) >= 11 is 0. The number of nitrogens with zero attached hydrogens (tertiary/aromatic N) is 1. The molecule has 1 heterocycles. The smallest absolute Gasteiger partial charge is 0.315 e. The molecule has 1 aromatic rings. The zero-order valence-corrected chi connectivity index (χ0v) is 17.5. The third-order valence-corrected chi connectivity index (χ3v) is 6.71. The lowest BCUT2D eigenvalue weighted by molar-refractivity contribution is -0.159. The molecule has 1 N–H and O–H groups in total. The minimum absolute atomic E-state index is 0.0568. The van der Waals surface area contributed by atoms with Crippen LogP contribution in [0.5, 0.6) is 0 Å². The molecule has 27 heavy (non-hydrogen) atoms. The van der Waals surface area contributed by atoms with Gasteiger partial charge in [-0.3, -0.25) is 4.79 Å². The summed E-state index contributed by atoms with van der Waals surface area (Å²) in [7, 11) is -2.27. The first-order valence-electron chi connectivity index (χ1n) is 9.20. The standard InChI is InChI=1S/C19H30N2O5S/c1-6-26-18(22)19(11-14(2)3)13-21(12-17(19)20-25-5)27(23,24)16-9-7-15(4)8-10-16/h7-10,14,17,20H,6,11-13H2,1-5H3. The van der Waals surface area contributed by atoms with E-state index in [4.69, 9.17) is 9.57 Å². The molecule has 7 nitrogen and oxygen atoms in total. The largest absolute Gasteiger partial charge is 0.465 e. The molecular formula is C19H30N2O5S. The molecule has 0 aliphatic carbocycles. The molecule has 1 aliphatic heterocycles. The number of rotatable bonds is 8. The van der Waals surface area contributed by atoms with Gasteiger partial charge in [0.05, 0.1) is 24.7 Å². The Hall–Kier alpha value is -1.48. The summed E-state index contributed by atoms with van der Waals surface area (Å²) in [5.41, 5.74) is 2.82. The van der Waals surface area contributed by atoms with Gasteiger partial charge >= 0.3 is 5.97 Å². The third kappa shape index (κ3) is 4.51. The van der Waals surface area contributed by atoms with Crippen molar-refractivity contribution in [3.05, 3.63) is 29.8 Å². The van der Waals surface area contributed by atoms with Gasteiger partial charge in [-0.15, -0.1) is 0 Å². The molecule has 0 saturated carbocycles. The molecule has 0 radical (unpaired) electrons. The Morgan fingerprint density at radius 3 is 2.48 bits per heavy atom. The molecule has 2 rings (SSSR count). The van der Waals surface area contributed by atoms with E-state index in [2.05, 4.69) is 5.48 Å². The van der Waals surface area contributed by atoms with Crippen molar-refractivity contribution in [3.8, 4) is 0 Å². The van der Waals surface area contributed by atoms with E-state index in [0.717, 1.165) is 5.56 Å². The molecule has 0 aromatic heterocycles. The number of esters is 1. The molecule has 8 heteroatoms. The average molecular weight is 399 g/mol. The van der Waals surface area contributed by atoms with E-state index in [9.17, 15) is 13.2 Å². The van der Waals surface area contributed by atoms with Crippen LogP contribution in [0, 0.1) is 18.3 Å². The second-order valence-electron chi connectivity index (χ2n) is 7.46. The maximum Gasteiger partial charge on any atom is 0.315 e. The van der Waals surface area contributed by atoms with Gasteiger partial charge in [0.25, 0.3) is 0 Å². The first kappa shape index (κ1) is 21.8. The van der Waals surface area contributed by atoms with Crippen LogP contribution < -0.4 is 5.48 Å². The van der Waals surface area contributed by atoms with Crippen LogP contribution in [-0.4, -0.2) is 51.5 Å². The maximum absolute atomic E-state index is 13.2. The molecule has 1 aliphatic rings. The molecule has 152 valence electrons. The fraction of sp³-hybridized carbons (Fsp3) is 0.632. The van der Waals surface area contributed by atoms with Gasteiger partial charge in [0, 0.05) is 13.1 Å². The van der Waals surface area contributed by atoms with Crippen molar-refractivity contribution in [2.45, 2.75) is 45.1 Å². The second-order valence-corrected chi connectivity index (χ2v) is 9.40. The highest BCUT2D eigenvalue weighted by Gasteiger charge is 2.56. The minimum Gasteiger partial charge on any atom is -0.465 e. The van der Waals surface area contributed by atoms with Crippen molar-refractivity contribution in [1.82, 2.24) is 9.79 Å². The lowest BCUT2D eigenvalue weighted by Gasteiger charge is -2.33. The average Bonchev–Trinajstić information content (AvgIpc) is 2.95. The van der Waals surface area contributed by atoms with Gasteiger partial charge in [-0.2, -0.15) is 9.79 Å². The van der Waals surface area contributed by atoms with Crippen LogP contribution in [0.1, 0.15) is 32.8 Å². The molecule has 2 unspecified atom stereocenters. The number of hydrogen-bond acceptors (Lipinski definition) is 6. The van der Waals surface area contributed by atoms with Crippen LogP contribution in [0.15, 0.2) is 29.2 Å². The third-order valence-electron chi connectivity index (χ3n) is 4.89. The van der Waals surface area contributed by atoms with Gasteiger partial charge in [0.1, 0.15) is 5.41 Å². The van der Waals surface area contributed by atoms with Crippen LogP contribution in [0.2, 0.25) is 0 Å². The Morgan fingerprint density at radius 1 is 1.33 bits per heavy atom. The number of nitrogens with one attached hydrogen (secondary N) is 1. The van der Waals surface area contributed by atoms with Crippen LogP contribution in [-0.2, 0) is 24.4 Å². The molecular weight excluding hydrogens is 368 g/mol. The molecule has 0 bridgehead atoms. The molecule has 1 fully saturated rings. The number of carbonyl (C=O) groups is 1. The number of hydroxylamine groups is 1. The summed E-state index contributed by atoms with van der Waals surface area (Å²) in [4.78, 5) is 18.2. The predicted octanol–water partition coefficient (Wildman–Crippen LogP) is 2.11. The van der Waals surface area contributed by atoms with E-state index >= 15 is 0 Å². The van der Waals surface area contributed by atoms with Crippen molar-refractivity contribution in [2.24, 2.45) is 11.3 Å². The Morgan fingerprint density at radius 2 is 1.96 bits per heavy atom. The molecule has 2 atom stereocenters. The first-order chi connectivity index (χ1) is 12.7. The summed E-state index contributed by atoms with van der Waals surface area (Å²) in [6.45, 7) is 8.08. The van der Waals surface area contributed by atoms with Crippen LogP contribution >= 0.6 is 0 Å². The van der Waals surface area contributed by atoms with Gasteiger partial charge < -0.3 is 9.57 Å². The van der Waals surface area contributed by atoms with Gasteiger partial charge in [-0.1, -0.05) is 31.5 Å². The minimum atomic E-state index is -3.73. The summed E-state index contributed by atoms with van der Waals surface area (Å²) in [5.74, 6) is -0.215. The zero-order valence-electron chi connectivity index (χ0n) is 16.7. The fourth-order valence-corrected chi connectivity index (χ4v) is 5.23. The van der Waals surface area contributed by atoms with Crippen molar-refractivity contribution in [1.29, 1.82) is 0 Å². The van der Waals surface area contributed by atoms with E-state index in [1.54, 1.807) is 31.2 Å². The van der Waals surface area contributed by atoms with Gasteiger partial charge in [-0.05, 0) is 38.3 Å². The number of ether oxygens (including phenoxy) is 1. The van der Waals surface area contributed by atoms with Gasteiger partial charge in [0.15, 0.2) is 0 Å². The lowest BCUT2D eigenvalue weighted by Crippen LogP contribution is -2.50. The number of benzene rings is 1. The Bertz CT molecular complexity index is 748. The molecule has 0 amide bonds. The van der Waals surface area contributed by atoms with E-state index in [0.29, 0.717) is 6.42 Å². The number of aryl methyl sites for hydroxylation is 1. The first-order valence-corrected chi connectivity index (χ1v) is 10.6. The summed E-state index contributed by atoms with van der Waals surface area (Å²) in [6.07, 6.45) is 0.493. The number of carbonyl (C=O) groups excluding carboxylic acids is 1. The van der Waals surface area contributed by atoms with Crippen molar-refractivity contribution < 1.29 is 22.8 Å². The van der Waals surface area contributed by atoms with Crippen molar-refractivity contribution in [3.63, 3.8) is 0 Å². The molecule has 1 aromatic carbocycles. The van der Waals surface area contributed by atoms with Crippen LogP contribution in [0.3, 0.4) is 0 Å². The van der Waals surface area contributed by atoms with E-state index in [1.807, 2.05) is 20.8 Å². The fourth-order valence-electron chi connectivity index (χ4n) is 3.70. The van der Waals surface area contributed by atoms with Crippen LogP contribution in [0.4, 0.5) is 0 Å². The van der Waals surface area contributed by atoms with Crippen molar-refractivity contribution >= 4 is 16.0 Å². The van der Waals surface area contributed by atoms with E-state index < -0.39 is 27.4 Å². The lowest BCUT2D eigenvalue weighted by atomic mass is 9.76. The SMILES string of the molecule is CCOC(=O)C1(CC(C)C)CN(S(=O)(=O)c2ccc(C)cc2)CC1NOC. The topological polar surface area (TPSA) is 84.9 Å². The van der Waals surface area contributed by atoms with E-state index in [1.165, 1.54) is 11.4 Å². The normalized spacial score (nSPS) is 23.7. The Kier molecular flexibility index (Phi) is 7.02. The molecule has 0 spiro atoms. The summed E-state index contributed by atoms with van der Waals surface area (Å²) in [5, 5.41) is 0. The monoisotopic (exact) mass is 398 g/mol. The van der Waals surface area contributed by atoms with Gasteiger partial charge in [0.2, 0.25) is 10.0 Å².